The third kappa shape index (κ3) is 41.3. The Morgan fingerprint density at radius 1 is 0.364 bits per heavy atom. The molecule has 5 heteroatoms. The Bertz CT molecular complexity index is 733. The molecule has 0 bridgehead atoms. The summed E-state index contributed by atoms with van der Waals surface area (Å²) in [6.07, 6.45) is 54.1. The van der Waals surface area contributed by atoms with Crippen LogP contribution in [-0.4, -0.2) is 46.1 Å². The van der Waals surface area contributed by atoms with Gasteiger partial charge in [-0.3, -0.25) is 4.79 Å². The molecule has 0 saturated heterocycles. The number of unbranched alkanes of at least 4 members (excludes halogenated alkanes) is 39. The SMILES string of the molecule is CCCCCCCCCCCCCCCCCCCCCCCCCCC(O)C(=O)NC(CO)C(O)CCCCCCCCCCCCCCCCCCC. The van der Waals surface area contributed by atoms with Crippen LogP contribution in [0.4, 0.5) is 0 Å². The van der Waals surface area contributed by atoms with Crippen molar-refractivity contribution in [1.29, 1.82) is 0 Å². The monoisotopic (exact) mass is 780 g/mol. The van der Waals surface area contributed by atoms with Crippen LogP contribution >= 0.6 is 0 Å². The van der Waals surface area contributed by atoms with Crippen molar-refractivity contribution in [2.75, 3.05) is 6.61 Å². The van der Waals surface area contributed by atoms with Gasteiger partial charge in [0, 0.05) is 0 Å². The largest absolute Gasteiger partial charge is 0.394 e. The summed E-state index contributed by atoms with van der Waals surface area (Å²) in [7, 11) is 0. The molecule has 0 aromatic carbocycles. The zero-order valence-corrected chi connectivity index (χ0v) is 37.6. The maximum atomic E-state index is 12.5. The van der Waals surface area contributed by atoms with Crippen LogP contribution in [0.3, 0.4) is 0 Å². The lowest BCUT2D eigenvalue weighted by Crippen LogP contribution is -2.49. The summed E-state index contributed by atoms with van der Waals surface area (Å²) >= 11 is 0. The third-order valence-electron chi connectivity index (χ3n) is 12.2. The average Bonchev–Trinajstić information content (AvgIpc) is 3.19. The second-order valence-electron chi connectivity index (χ2n) is 17.7. The molecule has 330 valence electrons. The van der Waals surface area contributed by atoms with Crippen molar-refractivity contribution >= 4 is 5.91 Å². The van der Waals surface area contributed by atoms with Gasteiger partial charge in [0.15, 0.2) is 0 Å². The highest BCUT2D eigenvalue weighted by atomic mass is 16.3. The molecule has 3 atom stereocenters. The van der Waals surface area contributed by atoms with E-state index in [2.05, 4.69) is 19.2 Å². The normalized spacial score (nSPS) is 13.3. The number of amides is 1. The molecule has 4 N–H and O–H groups in total. The van der Waals surface area contributed by atoms with Crippen molar-refractivity contribution < 1.29 is 20.1 Å². The summed E-state index contributed by atoms with van der Waals surface area (Å²) in [4.78, 5) is 12.5. The molecule has 0 radical (unpaired) electrons. The fourth-order valence-electron chi connectivity index (χ4n) is 8.25. The van der Waals surface area contributed by atoms with Crippen LogP contribution in [0.2, 0.25) is 0 Å². The number of hydrogen-bond donors (Lipinski definition) is 4. The number of hydrogen-bond acceptors (Lipinski definition) is 4. The Morgan fingerprint density at radius 3 is 0.818 bits per heavy atom. The zero-order chi connectivity index (χ0) is 40.1. The summed E-state index contributed by atoms with van der Waals surface area (Å²) < 4.78 is 0. The van der Waals surface area contributed by atoms with Crippen molar-refractivity contribution in [2.45, 2.75) is 308 Å². The van der Waals surface area contributed by atoms with E-state index in [1.165, 1.54) is 231 Å². The van der Waals surface area contributed by atoms with Crippen molar-refractivity contribution in [1.82, 2.24) is 5.32 Å². The van der Waals surface area contributed by atoms with E-state index < -0.39 is 24.2 Å². The third-order valence-corrected chi connectivity index (χ3v) is 12.2. The Morgan fingerprint density at radius 2 is 0.582 bits per heavy atom. The highest BCUT2D eigenvalue weighted by molar-refractivity contribution is 5.80. The van der Waals surface area contributed by atoms with E-state index in [4.69, 9.17) is 0 Å². The maximum Gasteiger partial charge on any atom is 0.249 e. The van der Waals surface area contributed by atoms with Crippen molar-refractivity contribution in [3.63, 3.8) is 0 Å². The summed E-state index contributed by atoms with van der Waals surface area (Å²) in [5.41, 5.74) is 0. The quantitative estimate of drug-likeness (QED) is 0.0463. The van der Waals surface area contributed by atoms with Crippen LogP contribution in [0.15, 0.2) is 0 Å². The minimum absolute atomic E-state index is 0.307. The van der Waals surface area contributed by atoms with Crippen LogP contribution in [0.25, 0.3) is 0 Å². The number of carbonyl (C=O) groups is 1. The second-order valence-corrected chi connectivity index (χ2v) is 17.7. The molecular formula is C50H101NO4. The molecule has 0 heterocycles. The van der Waals surface area contributed by atoms with Gasteiger partial charge in [0.25, 0.3) is 0 Å². The minimum atomic E-state index is -1.07. The van der Waals surface area contributed by atoms with Gasteiger partial charge in [0.2, 0.25) is 5.91 Å². The maximum absolute atomic E-state index is 12.5. The molecule has 0 aliphatic rings. The van der Waals surface area contributed by atoms with Gasteiger partial charge >= 0.3 is 0 Å². The lowest BCUT2D eigenvalue weighted by Gasteiger charge is -2.23. The highest BCUT2D eigenvalue weighted by Gasteiger charge is 2.23. The molecule has 5 nitrogen and oxygen atoms in total. The van der Waals surface area contributed by atoms with Crippen LogP contribution in [0.1, 0.15) is 290 Å². The summed E-state index contributed by atoms with van der Waals surface area (Å²) in [5.74, 6) is -0.463. The van der Waals surface area contributed by atoms with Gasteiger partial charge in [-0.05, 0) is 12.8 Å². The molecule has 0 saturated carbocycles. The zero-order valence-electron chi connectivity index (χ0n) is 37.6. The molecule has 0 aromatic heterocycles. The second kappa shape index (κ2) is 46.0. The van der Waals surface area contributed by atoms with Crippen LogP contribution < -0.4 is 5.32 Å². The molecule has 55 heavy (non-hydrogen) atoms. The predicted molar refractivity (Wildman–Crippen MR) is 241 cm³/mol. The molecule has 1 amide bonds. The van der Waals surface area contributed by atoms with Crippen LogP contribution in [-0.2, 0) is 4.79 Å². The van der Waals surface area contributed by atoms with Gasteiger partial charge in [-0.2, -0.15) is 0 Å². The van der Waals surface area contributed by atoms with E-state index in [0.717, 1.165) is 32.1 Å². The van der Waals surface area contributed by atoms with Crippen LogP contribution in [0, 0.1) is 0 Å². The Kier molecular flexibility index (Phi) is 45.5. The molecule has 3 unspecified atom stereocenters. The van der Waals surface area contributed by atoms with E-state index in [9.17, 15) is 20.1 Å². The van der Waals surface area contributed by atoms with Crippen molar-refractivity contribution in [3.8, 4) is 0 Å². The number of nitrogens with one attached hydrogen (secondary N) is 1. The van der Waals surface area contributed by atoms with Gasteiger partial charge in [-0.25, -0.2) is 0 Å². The summed E-state index contributed by atoms with van der Waals surface area (Å²) in [6.45, 7) is 4.27. The lowest BCUT2D eigenvalue weighted by molar-refractivity contribution is -0.131. The minimum Gasteiger partial charge on any atom is -0.394 e. The molecular weight excluding hydrogens is 679 g/mol. The molecule has 0 fully saturated rings. The fourth-order valence-corrected chi connectivity index (χ4v) is 8.25. The fraction of sp³-hybridized carbons (Fsp3) is 0.980. The first-order valence-corrected chi connectivity index (χ1v) is 25.3. The van der Waals surface area contributed by atoms with E-state index in [1.807, 2.05) is 0 Å². The van der Waals surface area contributed by atoms with Gasteiger partial charge in [-0.1, -0.05) is 277 Å². The van der Waals surface area contributed by atoms with Gasteiger partial charge < -0.3 is 20.6 Å². The van der Waals surface area contributed by atoms with E-state index in [-0.39, 0.29) is 6.61 Å². The average molecular weight is 780 g/mol. The van der Waals surface area contributed by atoms with Gasteiger partial charge in [0.1, 0.15) is 6.10 Å². The van der Waals surface area contributed by atoms with Crippen molar-refractivity contribution in [2.24, 2.45) is 0 Å². The predicted octanol–water partition coefficient (Wildman–Crippen LogP) is 15.0. The molecule has 0 aromatic rings. The van der Waals surface area contributed by atoms with Crippen LogP contribution in [0.5, 0.6) is 0 Å². The summed E-state index contributed by atoms with van der Waals surface area (Å²) in [5, 5.41) is 33.4. The summed E-state index contributed by atoms with van der Waals surface area (Å²) in [6, 6.07) is -0.706. The first kappa shape index (κ1) is 54.3. The number of rotatable bonds is 47. The Labute approximate surface area is 345 Å². The molecule has 0 aliphatic carbocycles. The number of aliphatic hydroxyl groups excluding tert-OH is 3. The van der Waals surface area contributed by atoms with Crippen molar-refractivity contribution in [3.05, 3.63) is 0 Å². The molecule has 0 rings (SSSR count). The molecule has 0 aliphatic heterocycles. The standard InChI is InChI=1S/C50H101NO4/c1-3-5-7-9-11-13-15-17-19-21-22-23-24-25-26-27-29-31-33-35-37-39-41-43-45-49(54)50(55)51-47(46-52)48(53)44-42-40-38-36-34-32-30-28-20-18-16-14-12-10-8-6-4-2/h47-49,52-54H,3-46H2,1-2H3,(H,51,55). The van der Waals surface area contributed by atoms with E-state index >= 15 is 0 Å². The first-order valence-electron chi connectivity index (χ1n) is 25.3. The highest BCUT2D eigenvalue weighted by Crippen LogP contribution is 2.18. The number of aliphatic hydroxyl groups is 3. The molecule has 0 spiro atoms. The first-order chi connectivity index (χ1) is 27.1. The smallest absolute Gasteiger partial charge is 0.249 e. The van der Waals surface area contributed by atoms with Gasteiger partial charge in [-0.15, -0.1) is 0 Å². The van der Waals surface area contributed by atoms with Gasteiger partial charge in [0.05, 0.1) is 18.8 Å². The Hall–Kier alpha value is -0.650. The number of carbonyl (C=O) groups excluding carboxylic acids is 1. The lowest BCUT2D eigenvalue weighted by atomic mass is 10.0. The van der Waals surface area contributed by atoms with E-state index in [0.29, 0.717) is 12.8 Å². The van der Waals surface area contributed by atoms with E-state index in [1.54, 1.807) is 0 Å². The topological polar surface area (TPSA) is 89.8 Å². The Balaban J connectivity index is 3.52.